The van der Waals surface area contributed by atoms with Crippen LogP contribution in [0.4, 0.5) is 11.4 Å². The van der Waals surface area contributed by atoms with E-state index in [2.05, 4.69) is 16.7 Å². The lowest BCUT2D eigenvalue weighted by Gasteiger charge is -2.15. The van der Waals surface area contributed by atoms with Crippen molar-refractivity contribution in [3.05, 3.63) is 93.5 Å². The van der Waals surface area contributed by atoms with Crippen molar-refractivity contribution in [3.63, 3.8) is 0 Å². The van der Waals surface area contributed by atoms with Crippen molar-refractivity contribution in [2.24, 2.45) is 0 Å². The number of halogens is 2. The normalized spacial score (nSPS) is 10.5. The number of benzene rings is 3. The summed E-state index contributed by atoms with van der Waals surface area (Å²) >= 11 is 12.1. The maximum Gasteiger partial charge on any atom is 0.221 e. The zero-order valence-electron chi connectivity index (χ0n) is 14.9. The number of anilines is 2. The first-order valence-corrected chi connectivity index (χ1v) is 9.39. The SMILES string of the molecule is CC(=O)Nc1ccc(Cl)cc1CNc1ccccc1Cc1ccc(Cl)cc1. The van der Waals surface area contributed by atoms with E-state index < -0.39 is 0 Å². The molecule has 0 spiro atoms. The third kappa shape index (κ3) is 5.49. The second-order valence-electron chi connectivity index (χ2n) is 6.30. The van der Waals surface area contributed by atoms with Crippen molar-refractivity contribution >= 4 is 40.5 Å². The molecule has 0 saturated carbocycles. The average molecular weight is 399 g/mol. The molecule has 2 N–H and O–H groups in total. The first-order chi connectivity index (χ1) is 13.0. The fourth-order valence-electron chi connectivity index (χ4n) is 2.88. The monoisotopic (exact) mass is 398 g/mol. The van der Waals surface area contributed by atoms with Crippen LogP contribution >= 0.6 is 23.2 Å². The van der Waals surface area contributed by atoms with Gasteiger partial charge in [-0.3, -0.25) is 4.79 Å². The first kappa shape index (κ1) is 19.3. The van der Waals surface area contributed by atoms with E-state index in [0.29, 0.717) is 11.6 Å². The molecule has 0 bridgehead atoms. The Labute approximate surface area is 169 Å². The van der Waals surface area contributed by atoms with Gasteiger partial charge in [0.15, 0.2) is 0 Å². The zero-order valence-corrected chi connectivity index (χ0v) is 16.4. The smallest absolute Gasteiger partial charge is 0.221 e. The Hall–Kier alpha value is -2.49. The average Bonchev–Trinajstić information content (AvgIpc) is 2.64. The maximum absolute atomic E-state index is 11.4. The lowest BCUT2D eigenvalue weighted by Crippen LogP contribution is -2.10. The molecular formula is C22H20Cl2N2O. The molecule has 138 valence electrons. The molecule has 5 heteroatoms. The highest BCUT2D eigenvalue weighted by Crippen LogP contribution is 2.24. The molecule has 3 aromatic rings. The fourth-order valence-corrected chi connectivity index (χ4v) is 3.20. The third-order valence-electron chi connectivity index (χ3n) is 4.17. The Kier molecular flexibility index (Phi) is 6.38. The summed E-state index contributed by atoms with van der Waals surface area (Å²) in [5, 5.41) is 7.68. The molecule has 1 amide bonds. The fraction of sp³-hybridized carbons (Fsp3) is 0.136. The second kappa shape index (κ2) is 8.94. The molecule has 0 radical (unpaired) electrons. The van der Waals surface area contributed by atoms with Gasteiger partial charge < -0.3 is 10.6 Å². The van der Waals surface area contributed by atoms with Gasteiger partial charge in [-0.15, -0.1) is 0 Å². The van der Waals surface area contributed by atoms with Crippen LogP contribution in [0.2, 0.25) is 10.0 Å². The van der Waals surface area contributed by atoms with Crippen LogP contribution in [0, 0.1) is 0 Å². The largest absolute Gasteiger partial charge is 0.381 e. The number of carbonyl (C=O) groups excluding carboxylic acids is 1. The Morgan fingerprint density at radius 3 is 2.30 bits per heavy atom. The maximum atomic E-state index is 11.4. The molecule has 27 heavy (non-hydrogen) atoms. The summed E-state index contributed by atoms with van der Waals surface area (Å²) in [4.78, 5) is 11.4. The molecule has 0 aliphatic carbocycles. The van der Waals surface area contributed by atoms with E-state index in [9.17, 15) is 4.79 Å². The summed E-state index contributed by atoms with van der Waals surface area (Å²) in [6.45, 7) is 2.04. The number of amides is 1. The van der Waals surface area contributed by atoms with Crippen LogP contribution in [0.1, 0.15) is 23.6 Å². The van der Waals surface area contributed by atoms with Gasteiger partial charge in [0.2, 0.25) is 5.91 Å². The number of rotatable bonds is 6. The summed E-state index contributed by atoms with van der Waals surface area (Å²) in [5.41, 5.74) is 5.10. The van der Waals surface area contributed by atoms with Gasteiger partial charge in [-0.05, 0) is 59.5 Å². The minimum absolute atomic E-state index is 0.110. The van der Waals surface area contributed by atoms with E-state index in [1.165, 1.54) is 18.1 Å². The molecule has 3 nitrogen and oxygen atoms in total. The molecule has 0 unspecified atom stereocenters. The van der Waals surface area contributed by atoms with Crippen molar-refractivity contribution in [1.82, 2.24) is 0 Å². The summed E-state index contributed by atoms with van der Waals surface area (Å²) < 4.78 is 0. The van der Waals surface area contributed by atoms with Crippen LogP contribution in [-0.2, 0) is 17.8 Å². The molecule has 3 rings (SSSR count). The van der Waals surface area contributed by atoms with E-state index >= 15 is 0 Å². The minimum atomic E-state index is -0.110. The summed E-state index contributed by atoms with van der Waals surface area (Å²) in [6, 6.07) is 21.5. The molecule has 0 fully saturated rings. The molecule has 0 saturated heterocycles. The van der Waals surface area contributed by atoms with Crippen molar-refractivity contribution in [2.75, 3.05) is 10.6 Å². The third-order valence-corrected chi connectivity index (χ3v) is 4.66. The Balaban J connectivity index is 1.78. The van der Waals surface area contributed by atoms with Gasteiger partial charge in [-0.25, -0.2) is 0 Å². The Bertz CT molecular complexity index is 939. The number of hydrogen-bond acceptors (Lipinski definition) is 2. The van der Waals surface area contributed by atoms with E-state index in [1.807, 2.05) is 54.6 Å². The van der Waals surface area contributed by atoms with Crippen LogP contribution in [0.25, 0.3) is 0 Å². The van der Waals surface area contributed by atoms with Gasteiger partial charge in [0.1, 0.15) is 0 Å². The van der Waals surface area contributed by atoms with Crippen molar-refractivity contribution in [1.29, 1.82) is 0 Å². The molecule has 0 atom stereocenters. The predicted octanol–water partition coefficient (Wildman–Crippen LogP) is 6.15. The van der Waals surface area contributed by atoms with Gasteiger partial charge in [0.05, 0.1) is 0 Å². The second-order valence-corrected chi connectivity index (χ2v) is 7.17. The standard InChI is InChI=1S/C22H20Cl2N2O/c1-15(27)26-22-11-10-20(24)13-18(22)14-25-21-5-3-2-4-17(21)12-16-6-8-19(23)9-7-16/h2-11,13,25H,12,14H2,1H3,(H,26,27). The molecule has 0 aromatic heterocycles. The zero-order chi connectivity index (χ0) is 19.2. The lowest BCUT2D eigenvalue weighted by atomic mass is 10.0. The van der Waals surface area contributed by atoms with Gasteiger partial charge >= 0.3 is 0 Å². The lowest BCUT2D eigenvalue weighted by molar-refractivity contribution is -0.114. The minimum Gasteiger partial charge on any atom is -0.381 e. The topological polar surface area (TPSA) is 41.1 Å². The van der Waals surface area contributed by atoms with Gasteiger partial charge in [0.25, 0.3) is 0 Å². The molecule has 0 heterocycles. The molecular weight excluding hydrogens is 379 g/mol. The van der Waals surface area contributed by atoms with Crippen LogP contribution in [0.3, 0.4) is 0 Å². The summed E-state index contributed by atoms with van der Waals surface area (Å²) in [6.07, 6.45) is 0.800. The number of para-hydroxylation sites is 1. The van der Waals surface area contributed by atoms with Crippen LogP contribution in [-0.4, -0.2) is 5.91 Å². The predicted molar refractivity (Wildman–Crippen MR) is 114 cm³/mol. The number of hydrogen-bond donors (Lipinski definition) is 2. The van der Waals surface area contributed by atoms with Crippen LogP contribution < -0.4 is 10.6 Å². The molecule has 3 aromatic carbocycles. The van der Waals surface area contributed by atoms with Crippen molar-refractivity contribution in [3.8, 4) is 0 Å². The van der Waals surface area contributed by atoms with E-state index in [1.54, 1.807) is 6.07 Å². The van der Waals surface area contributed by atoms with E-state index in [-0.39, 0.29) is 5.91 Å². The highest BCUT2D eigenvalue weighted by atomic mass is 35.5. The first-order valence-electron chi connectivity index (χ1n) is 8.63. The summed E-state index contributed by atoms with van der Waals surface area (Å²) in [5.74, 6) is -0.110. The van der Waals surface area contributed by atoms with Gasteiger partial charge in [-0.1, -0.05) is 53.5 Å². The van der Waals surface area contributed by atoms with E-state index in [0.717, 1.165) is 28.4 Å². The highest BCUT2D eigenvalue weighted by Gasteiger charge is 2.08. The Morgan fingerprint density at radius 2 is 1.56 bits per heavy atom. The Morgan fingerprint density at radius 1 is 0.852 bits per heavy atom. The van der Waals surface area contributed by atoms with Crippen LogP contribution in [0.5, 0.6) is 0 Å². The number of carbonyl (C=O) groups is 1. The van der Waals surface area contributed by atoms with E-state index in [4.69, 9.17) is 23.2 Å². The van der Waals surface area contributed by atoms with Crippen LogP contribution in [0.15, 0.2) is 66.7 Å². The van der Waals surface area contributed by atoms with Crippen molar-refractivity contribution in [2.45, 2.75) is 19.9 Å². The quantitative estimate of drug-likeness (QED) is 0.522. The highest BCUT2D eigenvalue weighted by molar-refractivity contribution is 6.31. The van der Waals surface area contributed by atoms with Crippen molar-refractivity contribution < 1.29 is 4.79 Å². The molecule has 0 aliphatic heterocycles. The van der Waals surface area contributed by atoms with Gasteiger partial charge in [-0.2, -0.15) is 0 Å². The van der Waals surface area contributed by atoms with Gasteiger partial charge in [0, 0.05) is 34.9 Å². The molecule has 0 aliphatic rings. The summed E-state index contributed by atoms with van der Waals surface area (Å²) in [7, 11) is 0. The number of nitrogens with one attached hydrogen (secondary N) is 2.